The molecule has 0 N–H and O–H groups in total. The molecule has 1 aliphatic carbocycles. The predicted molar refractivity (Wildman–Crippen MR) is 127 cm³/mol. The molecule has 1 aliphatic rings. The summed E-state index contributed by atoms with van der Waals surface area (Å²) in [7, 11) is 0. The predicted octanol–water partition coefficient (Wildman–Crippen LogP) is 6.00. The molecular formula is C26H17N3O3S. The van der Waals surface area contributed by atoms with Gasteiger partial charge in [0.1, 0.15) is 0 Å². The zero-order chi connectivity index (χ0) is 22.8. The van der Waals surface area contributed by atoms with Crippen molar-refractivity contribution in [1.29, 1.82) is 0 Å². The molecule has 0 unspecified atom stereocenters. The number of aromatic nitrogens is 2. The van der Waals surface area contributed by atoms with Gasteiger partial charge in [-0.3, -0.25) is 14.9 Å². The first-order valence-corrected chi connectivity index (χ1v) is 11.1. The highest BCUT2D eigenvalue weighted by molar-refractivity contribution is 7.99. The molecule has 33 heavy (non-hydrogen) atoms. The SMILES string of the molecule is O=C(C=Cc1ccc(Sc2ncccn2)c([N+](=O)[O-])c1)c1ccc2c(c1)-c1ccccc1C2. The third-order valence-corrected chi connectivity index (χ3v) is 6.39. The molecule has 0 aliphatic heterocycles. The van der Waals surface area contributed by atoms with E-state index in [1.165, 1.54) is 23.3 Å². The van der Waals surface area contributed by atoms with Gasteiger partial charge < -0.3 is 0 Å². The first-order valence-electron chi connectivity index (χ1n) is 10.3. The summed E-state index contributed by atoms with van der Waals surface area (Å²) in [5.74, 6) is -0.152. The number of nitro benzene ring substituents is 1. The number of carbonyl (C=O) groups excluding carboxylic acids is 1. The maximum absolute atomic E-state index is 12.8. The summed E-state index contributed by atoms with van der Waals surface area (Å²) in [6, 6.07) is 20.5. The summed E-state index contributed by atoms with van der Waals surface area (Å²) in [6.07, 6.45) is 7.10. The monoisotopic (exact) mass is 451 g/mol. The Balaban J connectivity index is 1.38. The minimum Gasteiger partial charge on any atom is -0.289 e. The number of hydrogen-bond acceptors (Lipinski definition) is 6. The third kappa shape index (κ3) is 4.31. The normalized spacial score (nSPS) is 11.9. The maximum atomic E-state index is 12.8. The molecule has 6 nitrogen and oxygen atoms in total. The Kier molecular flexibility index (Phi) is 5.54. The number of nitro groups is 1. The molecule has 4 aromatic rings. The minimum absolute atomic E-state index is 0.0591. The summed E-state index contributed by atoms with van der Waals surface area (Å²) in [4.78, 5) is 32.6. The van der Waals surface area contributed by atoms with Crippen molar-refractivity contribution < 1.29 is 9.72 Å². The van der Waals surface area contributed by atoms with E-state index >= 15 is 0 Å². The quantitative estimate of drug-likeness (QED) is 0.103. The van der Waals surface area contributed by atoms with E-state index in [1.807, 2.05) is 30.3 Å². The number of benzene rings is 3. The van der Waals surface area contributed by atoms with Crippen LogP contribution in [0.3, 0.4) is 0 Å². The van der Waals surface area contributed by atoms with E-state index in [2.05, 4.69) is 22.1 Å². The first-order chi connectivity index (χ1) is 16.1. The average molecular weight is 452 g/mol. The van der Waals surface area contributed by atoms with Gasteiger partial charge in [-0.1, -0.05) is 48.5 Å². The largest absolute Gasteiger partial charge is 0.289 e. The Morgan fingerprint density at radius 2 is 1.73 bits per heavy atom. The van der Waals surface area contributed by atoms with Crippen molar-refractivity contribution in [2.24, 2.45) is 0 Å². The topological polar surface area (TPSA) is 86.0 Å². The van der Waals surface area contributed by atoms with Crippen LogP contribution in [0.4, 0.5) is 5.69 Å². The molecule has 1 aromatic heterocycles. The molecule has 7 heteroatoms. The molecule has 3 aromatic carbocycles. The van der Waals surface area contributed by atoms with Gasteiger partial charge in [0, 0.05) is 24.0 Å². The van der Waals surface area contributed by atoms with E-state index in [0.29, 0.717) is 21.2 Å². The second-order valence-electron chi connectivity index (χ2n) is 7.52. The van der Waals surface area contributed by atoms with Gasteiger partial charge in [0.05, 0.1) is 9.82 Å². The van der Waals surface area contributed by atoms with Crippen LogP contribution in [0.2, 0.25) is 0 Å². The fourth-order valence-electron chi connectivity index (χ4n) is 3.85. The van der Waals surface area contributed by atoms with Crippen molar-refractivity contribution >= 4 is 29.3 Å². The van der Waals surface area contributed by atoms with Gasteiger partial charge in [-0.2, -0.15) is 0 Å². The van der Waals surface area contributed by atoms with E-state index < -0.39 is 4.92 Å². The summed E-state index contributed by atoms with van der Waals surface area (Å²) in [5, 5.41) is 12.0. The molecule has 0 saturated carbocycles. The molecule has 0 radical (unpaired) electrons. The van der Waals surface area contributed by atoms with Crippen LogP contribution in [-0.4, -0.2) is 20.7 Å². The van der Waals surface area contributed by atoms with Crippen LogP contribution < -0.4 is 0 Å². The number of fused-ring (bicyclic) bond motifs is 3. The molecule has 0 fully saturated rings. The molecule has 0 atom stereocenters. The van der Waals surface area contributed by atoms with Gasteiger partial charge in [0.25, 0.3) is 5.69 Å². The summed E-state index contributed by atoms with van der Waals surface area (Å²) >= 11 is 1.12. The van der Waals surface area contributed by atoms with Gasteiger partial charge in [-0.25, -0.2) is 9.97 Å². The van der Waals surface area contributed by atoms with E-state index in [4.69, 9.17) is 0 Å². The third-order valence-electron chi connectivity index (χ3n) is 5.43. The minimum atomic E-state index is -0.442. The average Bonchev–Trinajstić information content (AvgIpc) is 3.21. The molecule has 0 saturated heterocycles. The Labute approximate surface area is 194 Å². The van der Waals surface area contributed by atoms with Crippen LogP contribution in [-0.2, 0) is 6.42 Å². The van der Waals surface area contributed by atoms with Gasteiger partial charge in [0.15, 0.2) is 10.9 Å². The van der Waals surface area contributed by atoms with Gasteiger partial charge in [-0.05, 0) is 70.3 Å². The molecule has 0 amide bonds. The summed E-state index contributed by atoms with van der Waals surface area (Å²) in [6.45, 7) is 0. The Morgan fingerprint density at radius 3 is 2.55 bits per heavy atom. The number of hydrogen-bond donors (Lipinski definition) is 0. The van der Waals surface area contributed by atoms with Gasteiger partial charge >= 0.3 is 0 Å². The standard InChI is InChI=1S/C26H17N3O3S/c30-24(20-9-8-19-15-18-4-1-2-5-21(18)22(19)16-20)10-6-17-7-11-25(23(14-17)29(31)32)33-26-27-12-3-13-28-26/h1-14,16H,15H2. The zero-order valence-corrected chi connectivity index (χ0v) is 18.2. The zero-order valence-electron chi connectivity index (χ0n) is 17.3. The highest BCUT2D eigenvalue weighted by Crippen LogP contribution is 2.37. The lowest BCUT2D eigenvalue weighted by atomic mass is 10.0. The highest BCUT2D eigenvalue weighted by Gasteiger charge is 2.19. The molecule has 1 heterocycles. The van der Waals surface area contributed by atoms with Crippen molar-refractivity contribution in [3.63, 3.8) is 0 Å². The Bertz CT molecular complexity index is 1420. The molecular weight excluding hydrogens is 434 g/mol. The Morgan fingerprint density at radius 1 is 0.939 bits per heavy atom. The van der Waals surface area contributed by atoms with Crippen LogP contribution in [0.1, 0.15) is 27.0 Å². The molecule has 160 valence electrons. The van der Waals surface area contributed by atoms with E-state index in [1.54, 1.807) is 36.7 Å². The van der Waals surface area contributed by atoms with Crippen LogP contribution in [0, 0.1) is 10.1 Å². The van der Waals surface area contributed by atoms with Gasteiger partial charge in [-0.15, -0.1) is 0 Å². The van der Waals surface area contributed by atoms with E-state index in [9.17, 15) is 14.9 Å². The van der Waals surface area contributed by atoms with Crippen LogP contribution in [0.5, 0.6) is 0 Å². The smallest absolute Gasteiger partial charge is 0.283 e. The summed E-state index contributed by atoms with van der Waals surface area (Å²) < 4.78 is 0. The van der Waals surface area contributed by atoms with Crippen molar-refractivity contribution in [1.82, 2.24) is 9.97 Å². The van der Waals surface area contributed by atoms with Crippen LogP contribution in [0.15, 0.2) is 95.3 Å². The van der Waals surface area contributed by atoms with Crippen molar-refractivity contribution in [3.05, 3.63) is 118 Å². The number of carbonyl (C=O) groups is 1. The molecule has 0 spiro atoms. The second-order valence-corrected chi connectivity index (χ2v) is 8.53. The molecule has 0 bridgehead atoms. The number of ketones is 1. The highest BCUT2D eigenvalue weighted by atomic mass is 32.2. The summed E-state index contributed by atoms with van der Waals surface area (Å²) in [5.41, 5.74) is 5.82. The lowest BCUT2D eigenvalue weighted by Crippen LogP contribution is -1.96. The number of allylic oxidation sites excluding steroid dienone is 1. The first kappa shape index (κ1) is 20.8. The van der Waals surface area contributed by atoms with E-state index in [-0.39, 0.29) is 11.5 Å². The van der Waals surface area contributed by atoms with Crippen molar-refractivity contribution in [2.75, 3.05) is 0 Å². The number of rotatable bonds is 6. The maximum Gasteiger partial charge on any atom is 0.283 e. The second kappa shape index (κ2) is 8.80. The molecule has 5 rings (SSSR count). The van der Waals surface area contributed by atoms with E-state index in [0.717, 1.165) is 29.3 Å². The van der Waals surface area contributed by atoms with Crippen LogP contribution >= 0.6 is 11.8 Å². The lowest BCUT2D eigenvalue weighted by molar-refractivity contribution is -0.387. The van der Waals surface area contributed by atoms with Gasteiger partial charge in [0.2, 0.25) is 0 Å². The van der Waals surface area contributed by atoms with Crippen LogP contribution in [0.25, 0.3) is 17.2 Å². The fourth-order valence-corrected chi connectivity index (χ4v) is 4.65. The van der Waals surface area contributed by atoms with Crippen molar-refractivity contribution in [3.8, 4) is 11.1 Å². The Hall–Kier alpha value is -4.10. The fraction of sp³-hybridized carbons (Fsp3) is 0.0385. The van der Waals surface area contributed by atoms with Crippen molar-refractivity contribution in [2.45, 2.75) is 16.5 Å². The lowest BCUT2D eigenvalue weighted by Gasteiger charge is -2.04. The number of nitrogens with zero attached hydrogens (tertiary/aromatic N) is 3.